The molecule has 5 nitrogen and oxygen atoms in total. The number of hydrogen-bond donors (Lipinski definition) is 1. The van der Waals surface area contributed by atoms with Gasteiger partial charge in [-0.1, -0.05) is 0 Å². The van der Waals surface area contributed by atoms with Crippen molar-refractivity contribution in [2.75, 3.05) is 46.6 Å². The molecule has 17 heavy (non-hydrogen) atoms. The first-order valence-electron chi connectivity index (χ1n) is 6.32. The molecular formula is C12H24N2O3. The van der Waals surface area contributed by atoms with Crippen molar-refractivity contribution < 1.29 is 14.3 Å². The number of carbonyl (C=O) groups excluding carboxylic acids is 1. The molecule has 0 aromatic carbocycles. The second kappa shape index (κ2) is 8.44. The van der Waals surface area contributed by atoms with Gasteiger partial charge in [-0.3, -0.25) is 4.79 Å². The number of nitrogens with zero attached hydrogens (tertiary/aromatic N) is 1. The highest BCUT2D eigenvalue weighted by Crippen LogP contribution is 2.00. The monoisotopic (exact) mass is 244 g/mol. The minimum atomic E-state index is 0.222. The highest BCUT2D eigenvalue weighted by Gasteiger charge is 2.16. The van der Waals surface area contributed by atoms with Gasteiger partial charge in [0.05, 0.1) is 13.2 Å². The molecule has 1 saturated heterocycles. The Morgan fingerprint density at radius 3 is 2.82 bits per heavy atom. The zero-order valence-corrected chi connectivity index (χ0v) is 10.9. The molecule has 1 aliphatic heterocycles. The third kappa shape index (κ3) is 6.00. The molecule has 0 saturated carbocycles. The van der Waals surface area contributed by atoms with E-state index < -0.39 is 0 Å². The number of morpholine rings is 1. The van der Waals surface area contributed by atoms with Crippen LogP contribution in [-0.2, 0) is 14.3 Å². The second-order valence-electron chi connectivity index (χ2n) is 4.38. The molecule has 0 spiro atoms. The fourth-order valence-corrected chi connectivity index (χ4v) is 1.79. The lowest BCUT2D eigenvalue weighted by Crippen LogP contribution is -2.42. The van der Waals surface area contributed by atoms with E-state index in [2.05, 4.69) is 12.2 Å². The van der Waals surface area contributed by atoms with Gasteiger partial charge in [0.1, 0.15) is 0 Å². The average molecular weight is 244 g/mol. The molecule has 0 bridgehead atoms. The van der Waals surface area contributed by atoms with Crippen molar-refractivity contribution in [3.05, 3.63) is 0 Å². The minimum absolute atomic E-state index is 0.222. The van der Waals surface area contributed by atoms with E-state index >= 15 is 0 Å². The van der Waals surface area contributed by atoms with Gasteiger partial charge in [0.2, 0.25) is 5.91 Å². The number of methoxy groups -OCH3 is 1. The molecule has 0 aromatic rings. The molecule has 100 valence electrons. The Bertz CT molecular complexity index is 218. The lowest BCUT2D eigenvalue weighted by Gasteiger charge is -2.27. The zero-order valence-electron chi connectivity index (χ0n) is 10.9. The molecule has 0 aromatic heterocycles. The maximum atomic E-state index is 11.8. The molecule has 1 unspecified atom stereocenters. The first-order chi connectivity index (χ1) is 8.24. The molecule has 1 amide bonds. The van der Waals surface area contributed by atoms with E-state index in [0.717, 1.165) is 32.7 Å². The van der Waals surface area contributed by atoms with E-state index in [1.54, 1.807) is 7.11 Å². The van der Waals surface area contributed by atoms with Crippen LogP contribution in [0.5, 0.6) is 0 Å². The summed E-state index contributed by atoms with van der Waals surface area (Å²) in [6.45, 7) is 6.41. The number of rotatable bonds is 7. The molecule has 1 N–H and O–H groups in total. The predicted molar refractivity (Wildman–Crippen MR) is 66.0 cm³/mol. The normalized spacial score (nSPS) is 18.1. The molecule has 5 heteroatoms. The van der Waals surface area contributed by atoms with Crippen LogP contribution in [0.2, 0.25) is 0 Å². The van der Waals surface area contributed by atoms with Gasteiger partial charge < -0.3 is 19.7 Å². The van der Waals surface area contributed by atoms with Gasteiger partial charge in [0.25, 0.3) is 0 Å². The number of ether oxygens (including phenoxy) is 2. The molecule has 1 fully saturated rings. The average Bonchev–Trinajstić information content (AvgIpc) is 2.37. The summed E-state index contributed by atoms with van der Waals surface area (Å²) in [4.78, 5) is 13.7. The van der Waals surface area contributed by atoms with Crippen LogP contribution in [0.1, 0.15) is 19.8 Å². The van der Waals surface area contributed by atoms with Gasteiger partial charge >= 0.3 is 0 Å². The summed E-state index contributed by atoms with van der Waals surface area (Å²) in [5, 5.41) is 3.33. The van der Waals surface area contributed by atoms with Crippen molar-refractivity contribution in [1.29, 1.82) is 0 Å². The Labute approximate surface area is 103 Å². The van der Waals surface area contributed by atoms with E-state index in [1.165, 1.54) is 0 Å². The fourth-order valence-electron chi connectivity index (χ4n) is 1.79. The third-order valence-electron chi connectivity index (χ3n) is 2.95. The van der Waals surface area contributed by atoms with E-state index in [0.29, 0.717) is 25.7 Å². The topological polar surface area (TPSA) is 50.8 Å². The van der Waals surface area contributed by atoms with Gasteiger partial charge in [-0.05, 0) is 13.3 Å². The maximum Gasteiger partial charge on any atom is 0.224 e. The molecule has 0 aliphatic carbocycles. The van der Waals surface area contributed by atoms with Crippen LogP contribution in [0, 0.1) is 0 Å². The Balaban J connectivity index is 2.06. The number of hydrogen-bond acceptors (Lipinski definition) is 4. The lowest BCUT2D eigenvalue weighted by molar-refractivity contribution is -0.135. The molecule has 0 radical (unpaired) electrons. The van der Waals surface area contributed by atoms with Crippen molar-refractivity contribution in [1.82, 2.24) is 10.2 Å². The van der Waals surface area contributed by atoms with E-state index in [9.17, 15) is 4.79 Å². The van der Waals surface area contributed by atoms with Crippen LogP contribution in [0.25, 0.3) is 0 Å². The molecule has 1 aliphatic rings. The van der Waals surface area contributed by atoms with Gasteiger partial charge in [-0.2, -0.15) is 0 Å². The van der Waals surface area contributed by atoms with Crippen LogP contribution < -0.4 is 5.32 Å². The summed E-state index contributed by atoms with van der Waals surface area (Å²) in [6.07, 6.45) is 1.54. The molecule has 1 rings (SSSR count). The van der Waals surface area contributed by atoms with E-state index in [1.807, 2.05) is 4.90 Å². The quantitative estimate of drug-likeness (QED) is 0.697. The van der Waals surface area contributed by atoms with Crippen molar-refractivity contribution in [2.45, 2.75) is 25.8 Å². The van der Waals surface area contributed by atoms with Crippen LogP contribution >= 0.6 is 0 Å². The highest BCUT2D eigenvalue weighted by atomic mass is 16.5. The molecule has 1 atom stereocenters. The van der Waals surface area contributed by atoms with Crippen molar-refractivity contribution in [2.24, 2.45) is 0 Å². The summed E-state index contributed by atoms with van der Waals surface area (Å²) >= 11 is 0. The molecule has 1 heterocycles. The van der Waals surface area contributed by atoms with Gasteiger partial charge in [-0.25, -0.2) is 0 Å². The largest absolute Gasteiger partial charge is 0.385 e. The summed E-state index contributed by atoms with van der Waals surface area (Å²) in [7, 11) is 1.70. The third-order valence-corrected chi connectivity index (χ3v) is 2.95. The summed E-state index contributed by atoms with van der Waals surface area (Å²) in [5.74, 6) is 0.222. The number of carbonyl (C=O) groups is 1. The Kier molecular flexibility index (Phi) is 7.16. The van der Waals surface area contributed by atoms with Crippen LogP contribution in [0.15, 0.2) is 0 Å². The van der Waals surface area contributed by atoms with E-state index in [-0.39, 0.29) is 5.91 Å². The highest BCUT2D eigenvalue weighted by molar-refractivity contribution is 5.76. The standard InChI is InChI=1S/C12H24N2O3/c1-11(4-8-16-2)13-5-3-12(15)14-6-9-17-10-7-14/h11,13H,3-10H2,1-2H3. The van der Waals surface area contributed by atoms with Crippen molar-refractivity contribution in [3.63, 3.8) is 0 Å². The first-order valence-corrected chi connectivity index (χ1v) is 6.32. The van der Waals surface area contributed by atoms with Crippen LogP contribution in [-0.4, -0.2) is 63.4 Å². The minimum Gasteiger partial charge on any atom is -0.385 e. The zero-order chi connectivity index (χ0) is 12.5. The van der Waals surface area contributed by atoms with Crippen LogP contribution in [0.3, 0.4) is 0 Å². The fraction of sp³-hybridized carbons (Fsp3) is 0.917. The number of nitrogens with one attached hydrogen (secondary N) is 1. The van der Waals surface area contributed by atoms with Crippen LogP contribution in [0.4, 0.5) is 0 Å². The Morgan fingerprint density at radius 1 is 1.47 bits per heavy atom. The summed E-state index contributed by atoms with van der Waals surface area (Å²) in [5.41, 5.74) is 0. The SMILES string of the molecule is COCCC(C)NCCC(=O)N1CCOCC1. The molecular weight excluding hydrogens is 220 g/mol. The Hall–Kier alpha value is -0.650. The smallest absolute Gasteiger partial charge is 0.224 e. The lowest BCUT2D eigenvalue weighted by atomic mass is 10.2. The van der Waals surface area contributed by atoms with Crippen molar-refractivity contribution in [3.8, 4) is 0 Å². The number of amides is 1. The van der Waals surface area contributed by atoms with Gasteiger partial charge in [0.15, 0.2) is 0 Å². The maximum absolute atomic E-state index is 11.8. The van der Waals surface area contributed by atoms with Crippen molar-refractivity contribution >= 4 is 5.91 Å². The Morgan fingerprint density at radius 2 is 2.18 bits per heavy atom. The van der Waals surface area contributed by atoms with Gasteiger partial charge in [0, 0.05) is 45.8 Å². The summed E-state index contributed by atoms with van der Waals surface area (Å²) < 4.78 is 10.2. The predicted octanol–water partition coefficient (Wildman–Crippen LogP) is 0.250. The van der Waals surface area contributed by atoms with Gasteiger partial charge in [-0.15, -0.1) is 0 Å². The first kappa shape index (κ1) is 14.4. The van der Waals surface area contributed by atoms with E-state index in [4.69, 9.17) is 9.47 Å². The second-order valence-corrected chi connectivity index (χ2v) is 4.38. The summed E-state index contributed by atoms with van der Waals surface area (Å²) in [6, 6.07) is 0.396.